The summed E-state index contributed by atoms with van der Waals surface area (Å²) in [4.78, 5) is 38.5. The summed E-state index contributed by atoms with van der Waals surface area (Å²) in [6, 6.07) is 9.18. The van der Waals surface area contributed by atoms with Crippen LogP contribution < -0.4 is 11.1 Å². The van der Waals surface area contributed by atoms with Crippen LogP contribution in [0.3, 0.4) is 0 Å². The molecule has 3 atom stereocenters. The number of nitriles is 1. The quantitative estimate of drug-likeness (QED) is 0.596. The number of fused-ring (bicyclic) bond motifs is 3. The molecule has 2 amide bonds. The molecule has 0 radical (unpaired) electrons. The Kier molecular flexibility index (Phi) is 4.55. The number of aromatic nitrogens is 3. The van der Waals surface area contributed by atoms with Gasteiger partial charge in [0, 0.05) is 29.9 Å². The molecule has 4 heterocycles. The maximum absolute atomic E-state index is 13.1. The predicted octanol–water partition coefficient (Wildman–Crippen LogP) is 2.18. The first-order valence-corrected chi connectivity index (χ1v) is 10.3. The summed E-state index contributed by atoms with van der Waals surface area (Å²) in [7, 11) is 0. The van der Waals surface area contributed by atoms with Gasteiger partial charge in [0.1, 0.15) is 5.52 Å². The molecule has 2 fully saturated rings. The molecule has 4 N–H and O–H groups in total. The second kappa shape index (κ2) is 7.40. The van der Waals surface area contributed by atoms with Crippen molar-refractivity contribution in [1.29, 1.82) is 5.26 Å². The average molecular weight is 415 g/mol. The number of aromatic amines is 1. The van der Waals surface area contributed by atoms with E-state index in [0.29, 0.717) is 33.5 Å². The van der Waals surface area contributed by atoms with Crippen molar-refractivity contribution in [2.24, 2.45) is 5.73 Å². The summed E-state index contributed by atoms with van der Waals surface area (Å²) >= 11 is 0. The molecule has 156 valence electrons. The van der Waals surface area contributed by atoms with Crippen LogP contribution in [0.4, 0.5) is 5.69 Å². The van der Waals surface area contributed by atoms with E-state index in [9.17, 15) is 9.59 Å². The molecule has 0 spiro atoms. The van der Waals surface area contributed by atoms with Crippen LogP contribution in [0.1, 0.15) is 52.0 Å². The van der Waals surface area contributed by atoms with E-state index in [2.05, 4.69) is 26.3 Å². The summed E-state index contributed by atoms with van der Waals surface area (Å²) in [5.74, 6) is -0.553. The number of carbonyl (C=O) groups is 2. The van der Waals surface area contributed by atoms with E-state index in [1.165, 1.54) is 12.5 Å². The van der Waals surface area contributed by atoms with Crippen molar-refractivity contribution in [2.45, 2.75) is 43.8 Å². The van der Waals surface area contributed by atoms with Crippen LogP contribution >= 0.6 is 0 Å². The van der Waals surface area contributed by atoms with Crippen LogP contribution in [0.25, 0.3) is 11.2 Å². The number of primary amides is 1. The lowest BCUT2D eigenvalue weighted by Gasteiger charge is -2.39. The Balaban J connectivity index is 1.37. The summed E-state index contributed by atoms with van der Waals surface area (Å²) in [6.07, 6.45) is 6.43. The first-order chi connectivity index (χ1) is 15.0. The van der Waals surface area contributed by atoms with Gasteiger partial charge in [-0.05, 0) is 49.9 Å². The number of nitrogens with two attached hydrogens (primary N) is 1. The smallest absolute Gasteiger partial charge is 0.254 e. The van der Waals surface area contributed by atoms with E-state index in [0.717, 1.165) is 25.7 Å². The van der Waals surface area contributed by atoms with Crippen molar-refractivity contribution in [2.75, 3.05) is 5.32 Å². The normalized spacial score (nSPS) is 22.3. The molecule has 0 aliphatic carbocycles. The van der Waals surface area contributed by atoms with Crippen molar-refractivity contribution in [1.82, 2.24) is 19.9 Å². The Labute approximate surface area is 178 Å². The van der Waals surface area contributed by atoms with Crippen molar-refractivity contribution < 1.29 is 9.59 Å². The zero-order chi connectivity index (χ0) is 21.5. The highest BCUT2D eigenvalue weighted by Crippen LogP contribution is 2.38. The van der Waals surface area contributed by atoms with E-state index < -0.39 is 5.91 Å². The van der Waals surface area contributed by atoms with Gasteiger partial charge in [0.05, 0.1) is 29.2 Å². The van der Waals surface area contributed by atoms with Crippen LogP contribution in [0.5, 0.6) is 0 Å². The van der Waals surface area contributed by atoms with Crippen LogP contribution in [-0.4, -0.2) is 49.8 Å². The van der Waals surface area contributed by atoms with Gasteiger partial charge in [-0.15, -0.1) is 0 Å². The van der Waals surface area contributed by atoms with Gasteiger partial charge in [-0.1, -0.05) is 0 Å². The Morgan fingerprint density at radius 1 is 1.16 bits per heavy atom. The third-order valence-electron chi connectivity index (χ3n) is 6.29. The number of hydrogen-bond donors (Lipinski definition) is 3. The lowest BCUT2D eigenvalue weighted by Crippen LogP contribution is -2.49. The minimum absolute atomic E-state index is 0.00636. The van der Waals surface area contributed by atoms with E-state index in [4.69, 9.17) is 11.0 Å². The maximum atomic E-state index is 13.1. The monoisotopic (exact) mass is 415 g/mol. The molecule has 2 aliphatic heterocycles. The first kappa shape index (κ1) is 19.1. The molecule has 9 nitrogen and oxygen atoms in total. The number of rotatable bonds is 4. The fourth-order valence-corrected chi connectivity index (χ4v) is 4.89. The molecule has 2 saturated heterocycles. The minimum Gasteiger partial charge on any atom is -0.380 e. The zero-order valence-corrected chi connectivity index (χ0v) is 16.7. The molecule has 2 aromatic heterocycles. The topological polar surface area (TPSA) is 141 Å². The number of nitrogens with zero attached hydrogens (tertiary/aromatic N) is 4. The highest BCUT2D eigenvalue weighted by atomic mass is 16.2. The highest BCUT2D eigenvalue weighted by Gasteiger charge is 2.43. The second-order valence-electron chi connectivity index (χ2n) is 8.11. The summed E-state index contributed by atoms with van der Waals surface area (Å²) in [6.45, 7) is 0. The van der Waals surface area contributed by atoms with E-state index in [-0.39, 0.29) is 24.0 Å². The SMILES string of the molecule is N#Cc1ccc(C(=O)N2[C@@H]3CC[C@H]2C[C@H](Nc2c(C(N)=O)cnc4[nH]cnc24)C3)cc1. The van der Waals surface area contributed by atoms with Crippen molar-refractivity contribution in [3.8, 4) is 6.07 Å². The average Bonchev–Trinajstić information content (AvgIpc) is 3.36. The molecule has 2 bridgehead atoms. The second-order valence-corrected chi connectivity index (χ2v) is 8.11. The molecule has 0 saturated carbocycles. The number of benzene rings is 1. The number of carbonyl (C=O) groups excluding carboxylic acids is 2. The Morgan fingerprint density at radius 2 is 1.87 bits per heavy atom. The van der Waals surface area contributed by atoms with Crippen LogP contribution in [0, 0.1) is 11.3 Å². The fraction of sp³-hybridized carbons (Fsp3) is 0.318. The van der Waals surface area contributed by atoms with Gasteiger partial charge in [-0.25, -0.2) is 9.97 Å². The summed E-state index contributed by atoms with van der Waals surface area (Å²) in [5.41, 5.74) is 8.77. The van der Waals surface area contributed by atoms with Gasteiger partial charge < -0.3 is 20.9 Å². The number of nitrogens with one attached hydrogen (secondary N) is 2. The van der Waals surface area contributed by atoms with Gasteiger partial charge in [0.25, 0.3) is 11.8 Å². The third-order valence-corrected chi connectivity index (χ3v) is 6.29. The molecule has 31 heavy (non-hydrogen) atoms. The lowest BCUT2D eigenvalue weighted by atomic mass is 9.95. The number of imidazole rings is 1. The van der Waals surface area contributed by atoms with Gasteiger partial charge in [-0.3, -0.25) is 9.59 Å². The van der Waals surface area contributed by atoms with Crippen molar-refractivity contribution in [3.05, 3.63) is 53.5 Å². The number of amides is 2. The number of piperidine rings is 1. The lowest BCUT2D eigenvalue weighted by molar-refractivity contribution is 0.0583. The molecule has 3 aromatic rings. The minimum atomic E-state index is -0.559. The molecule has 2 aliphatic rings. The number of hydrogen-bond acceptors (Lipinski definition) is 6. The van der Waals surface area contributed by atoms with Crippen LogP contribution in [-0.2, 0) is 0 Å². The van der Waals surface area contributed by atoms with E-state index in [1.807, 2.05) is 4.90 Å². The standard InChI is InChI=1S/C22H21N7O2/c23-9-12-1-3-13(4-2-12)22(31)29-15-5-6-16(29)8-14(7-15)28-18-17(20(24)30)10-25-21-19(18)26-11-27-21/h1-4,10-11,14-16H,5-8H2,(H2,24,30)(H2,25,26,27,28)/t14-,15-,16+. The Hall–Kier alpha value is -3.93. The Morgan fingerprint density at radius 3 is 2.52 bits per heavy atom. The molecule has 9 heteroatoms. The molecule has 0 unspecified atom stereocenters. The Bertz CT molecular complexity index is 1200. The first-order valence-electron chi connectivity index (χ1n) is 10.3. The van der Waals surface area contributed by atoms with Crippen LogP contribution in [0.2, 0.25) is 0 Å². The van der Waals surface area contributed by atoms with Gasteiger partial charge in [0.15, 0.2) is 5.65 Å². The molecule has 5 rings (SSSR count). The third kappa shape index (κ3) is 3.26. The predicted molar refractivity (Wildman–Crippen MR) is 113 cm³/mol. The van der Waals surface area contributed by atoms with Gasteiger partial charge in [0.2, 0.25) is 0 Å². The fourth-order valence-electron chi connectivity index (χ4n) is 4.89. The summed E-state index contributed by atoms with van der Waals surface area (Å²) < 4.78 is 0. The van der Waals surface area contributed by atoms with E-state index in [1.54, 1.807) is 24.3 Å². The van der Waals surface area contributed by atoms with E-state index >= 15 is 0 Å². The number of pyridine rings is 1. The highest BCUT2D eigenvalue weighted by molar-refractivity contribution is 6.04. The van der Waals surface area contributed by atoms with Crippen molar-refractivity contribution >= 4 is 28.7 Å². The van der Waals surface area contributed by atoms with Gasteiger partial charge in [-0.2, -0.15) is 5.26 Å². The maximum Gasteiger partial charge on any atom is 0.254 e. The molecular weight excluding hydrogens is 394 g/mol. The number of anilines is 1. The largest absolute Gasteiger partial charge is 0.380 e. The van der Waals surface area contributed by atoms with Gasteiger partial charge >= 0.3 is 0 Å². The zero-order valence-electron chi connectivity index (χ0n) is 16.7. The molecule has 1 aromatic carbocycles. The molecular formula is C22H21N7O2. The number of H-pyrrole nitrogens is 1. The summed E-state index contributed by atoms with van der Waals surface area (Å²) in [5, 5.41) is 12.5. The van der Waals surface area contributed by atoms with Crippen molar-refractivity contribution in [3.63, 3.8) is 0 Å². The van der Waals surface area contributed by atoms with Crippen LogP contribution in [0.15, 0.2) is 36.8 Å².